The molecule has 0 radical (unpaired) electrons. The molecule has 8 heteroatoms. The van der Waals surface area contributed by atoms with Crippen LogP contribution >= 0.6 is 11.6 Å². The minimum absolute atomic E-state index is 0.143. The normalized spacial score (nSPS) is 18.2. The van der Waals surface area contributed by atoms with Gasteiger partial charge in [-0.05, 0) is 31.0 Å². The summed E-state index contributed by atoms with van der Waals surface area (Å²) in [6.45, 7) is 3.85. The van der Waals surface area contributed by atoms with Crippen LogP contribution in [-0.4, -0.2) is 45.2 Å². The van der Waals surface area contributed by atoms with E-state index in [1.807, 2.05) is 0 Å². The number of carbonyl (C=O) groups excluding carboxylic acids is 1. The van der Waals surface area contributed by atoms with Crippen LogP contribution in [0.25, 0.3) is 0 Å². The summed E-state index contributed by atoms with van der Waals surface area (Å²) in [6, 6.07) is 3.90. The third-order valence-corrected chi connectivity index (χ3v) is 5.27. The van der Waals surface area contributed by atoms with Crippen molar-refractivity contribution in [2.75, 3.05) is 19.6 Å². The molecule has 2 aliphatic rings. The number of aromatic nitrogens is 3. The number of hydrogen-bond acceptors (Lipinski definition) is 4. The Morgan fingerprint density at radius 1 is 1.24 bits per heavy atom. The van der Waals surface area contributed by atoms with Crippen LogP contribution < -0.4 is 5.32 Å². The lowest BCUT2D eigenvalue weighted by molar-refractivity contribution is 0.0710. The lowest BCUT2D eigenvalue weighted by Gasteiger charge is -2.32. The number of likely N-dealkylation sites (tertiary alicyclic amines) is 1. The molecular weight excluding hydrogens is 345 g/mol. The Morgan fingerprint density at radius 2 is 2.04 bits per heavy atom. The Bertz CT molecular complexity index is 800. The molecule has 4 rings (SSSR count). The first kappa shape index (κ1) is 16.5. The van der Waals surface area contributed by atoms with Gasteiger partial charge in [0.15, 0.2) is 0 Å². The van der Waals surface area contributed by atoms with Crippen molar-refractivity contribution in [2.24, 2.45) is 0 Å². The highest BCUT2D eigenvalue weighted by molar-refractivity contribution is 6.33. The summed E-state index contributed by atoms with van der Waals surface area (Å²) < 4.78 is 15.4. The molecule has 0 aliphatic carbocycles. The smallest absolute Gasteiger partial charge is 0.255 e. The fourth-order valence-electron chi connectivity index (χ4n) is 3.59. The van der Waals surface area contributed by atoms with Gasteiger partial charge < -0.3 is 14.8 Å². The van der Waals surface area contributed by atoms with Crippen molar-refractivity contribution in [2.45, 2.75) is 31.8 Å². The quantitative estimate of drug-likeness (QED) is 0.888. The largest absolute Gasteiger partial charge is 0.339 e. The molecule has 132 valence electrons. The van der Waals surface area contributed by atoms with Gasteiger partial charge in [0.05, 0.1) is 17.1 Å². The van der Waals surface area contributed by atoms with E-state index in [2.05, 4.69) is 20.1 Å². The summed E-state index contributed by atoms with van der Waals surface area (Å²) in [7, 11) is 0. The van der Waals surface area contributed by atoms with Crippen LogP contribution in [0.3, 0.4) is 0 Å². The monoisotopic (exact) mass is 363 g/mol. The molecule has 0 saturated carbocycles. The maximum absolute atomic E-state index is 13.2. The summed E-state index contributed by atoms with van der Waals surface area (Å²) >= 11 is 6.02. The summed E-state index contributed by atoms with van der Waals surface area (Å²) in [4.78, 5) is 14.4. The van der Waals surface area contributed by atoms with Gasteiger partial charge in [-0.1, -0.05) is 11.6 Å². The fraction of sp³-hybridized carbons (Fsp3) is 0.471. The van der Waals surface area contributed by atoms with Crippen LogP contribution in [0, 0.1) is 5.82 Å². The van der Waals surface area contributed by atoms with Crippen LogP contribution in [-0.2, 0) is 13.1 Å². The second-order valence-electron chi connectivity index (χ2n) is 6.49. The lowest BCUT2D eigenvalue weighted by Crippen LogP contribution is -2.39. The second-order valence-corrected chi connectivity index (χ2v) is 6.90. The molecule has 1 N–H and O–H groups in total. The minimum atomic E-state index is -0.439. The zero-order chi connectivity index (χ0) is 17.4. The lowest BCUT2D eigenvalue weighted by atomic mass is 9.95. The van der Waals surface area contributed by atoms with Crippen molar-refractivity contribution in [3.05, 3.63) is 46.3 Å². The zero-order valence-electron chi connectivity index (χ0n) is 13.7. The molecule has 0 unspecified atom stereocenters. The molecule has 1 aromatic carbocycles. The summed E-state index contributed by atoms with van der Waals surface area (Å²) in [6.07, 6.45) is 1.69. The predicted octanol–water partition coefficient (Wildman–Crippen LogP) is 2.19. The Hall–Kier alpha value is -1.99. The zero-order valence-corrected chi connectivity index (χ0v) is 14.5. The summed E-state index contributed by atoms with van der Waals surface area (Å²) in [5.41, 5.74) is 0.354. The van der Waals surface area contributed by atoms with Gasteiger partial charge in [0, 0.05) is 32.1 Å². The van der Waals surface area contributed by atoms with E-state index in [0.717, 1.165) is 44.1 Å². The molecule has 2 aromatic rings. The van der Waals surface area contributed by atoms with Crippen molar-refractivity contribution >= 4 is 17.5 Å². The Balaban J connectivity index is 1.44. The molecule has 6 nitrogen and oxygen atoms in total. The van der Waals surface area contributed by atoms with Gasteiger partial charge >= 0.3 is 0 Å². The van der Waals surface area contributed by atoms with E-state index in [1.54, 1.807) is 4.90 Å². The van der Waals surface area contributed by atoms with E-state index < -0.39 is 5.82 Å². The maximum atomic E-state index is 13.2. The average Bonchev–Trinajstić information content (AvgIpc) is 3.05. The summed E-state index contributed by atoms with van der Waals surface area (Å²) in [5.74, 6) is 1.75. The number of nitrogens with zero attached hydrogens (tertiary/aromatic N) is 4. The molecule has 2 aliphatic heterocycles. The number of benzene rings is 1. The van der Waals surface area contributed by atoms with E-state index >= 15 is 0 Å². The molecule has 25 heavy (non-hydrogen) atoms. The van der Waals surface area contributed by atoms with E-state index in [9.17, 15) is 9.18 Å². The number of hydrogen-bond donors (Lipinski definition) is 1. The molecule has 3 heterocycles. The van der Waals surface area contributed by atoms with Crippen LogP contribution in [0.5, 0.6) is 0 Å². The molecule has 1 amide bonds. The molecule has 0 spiro atoms. The standard InChI is InChI=1S/C17H19ClFN5O/c18-14-9-12(19)1-2-13(14)17(25)23-6-3-11(4-7-23)16-22-21-15-10-20-5-8-24(15)16/h1-2,9,11,20H,3-8,10H2. The van der Waals surface area contributed by atoms with Crippen molar-refractivity contribution in [1.29, 1.82) is 0 Å². The van der Waals surface area contributed by atoms with Gasteiger partial charge in [0.2, 0.25) is 0 Å². The number of nitrogens with one attached hydrogen (secondary N) is 1. The Kier molecular flexibility index (Phi) is 4.43. The number of halogens is 2. The molecular formula is C17H19ClFN5O. The van der Waals surface area contributed by atoms with Crippen molar-refractivity contribution in [3.63, 3.8) is 0 Å². The van der Waals surface area contributed by atoms with Gasteiger partial charge in [-0.15, -0.1) is 10.2 Å². The third kappa shape index (κ3) is 3.14. The highest BCUT2D eigenvalue weighted by atomic mass is 35.5. The number of rotatable bonds is 2. The first-order valence-corrected chi connectivity index (χ1v) is 8.88. The highest BCUT2D eigenvalue weighted by Crippen LogP contribution is 2.29. The van der Waals surface area contributed by atoms with Crippen molar-refractivity contribution in [1.82, 2.24) is 25.0 Å². The van der Waals surface area contributed by atoms with E-state index in [0.29, 0.717) is 24.6 Å². The van der Waals surface area contributed by atoms with Crippen molar-refractivity contribution < 1.29 is 9.18 Å². The topological polar surface area (TPSA) is 63.1 Å². The van der Waals surface area contributed by atoms with Crippen molar-refractivity contribution in [3.8, 4) is 0 Å². The van der Waals surface area contributed by atoms with Crippen LogP contribution in [0.15, 0.2) is 18.2 Å². The predicted molar refractivity (Wildman–Crippen MR) is 91.0 cm³/mol. The molecule has 1 aromatic heterocycles. The van der Waals surface area contributed by atoms with Gasteiger partial charge in [-0.3, -0.25) is 4.79 Å². The van der Waals surface area contributed by atoms with Gasteiger partial charge in [-0.25, -0.2) is 4.39 Å². The number of amides is 1. The SMILES string of the molecule is O=C(c1ccc(F)cc1Cl)N1CCC(c2nnc3n2CCNC3)CC1. The van der Waals surface area contributed by atoms with Gasteiger partial charge in [0.1, 0.15) is 17.5 Å². The number of piperidine rings is 1. The second kappa shape index (κ2) is 6.72. The van der Waals surface area contributed by atoms with Gasteiger partial charge in [-0.2, -0.15) is 0 Å². The molecule has 0 atom stereocenters. The van der Waals surface area contributed by atoms with E-state index in [4.69, 9.17) is 11.6 Å². The minimum Gasteiger partial charge on any atom is -0.339 e. The van der Waals surface area contributed by atoms with E-state index in [1.165, 1.54) is 18.2 Å². The molecule has 1 saturated heterocycles. The summed E-state index contributed by atoms with van der Waals surface area (Å²) in [5, 5.41) is 12.1. The highest BCUT2D eigenvalue weighted by Gasteiger charge is 2.29. The number of carbonyl (C=O) groups is 1. The van der Waals surface area contributed by atoms with E-state index in [-0.39, 0.29) is 10.9 Å². The fourth-order valence-corrected chi connectivity index (χ4v) is 3.84. The first-order chi connectivity index (χ1) is 12.1. The first-order valence-electron chi connectivity index (χ1n) is 8.50. The van der Waals surface area contributed by atoms with Crippen LogP contribution in [0.1, 0.15) is 40.8 Å². The van der Waals surface area contributed by atoms with Crippen LogP contribution in [0.2, 0.25) is 5.02 Å². The molecule has 0 bridgehead atoms. The maximum Gasteiger partial charge on any atom is 0.255 e. The Labute approximate surface area is 150 Å². The third-order valence-electron chi connectivity index (χ3n) is 4.96. The average molecular weight is 364 g/mol. The number of fused-ring (bicyclic) bond motifs is 1. The Morgan fingerprint density at radius 3 is 2.80 bits per heavy atom. The van der Waals surface area contributed by atoms with Crippen LogP contribution in [0.4, 0.5) is 4.39 Å². The molecule has 1 fully saturated rings. The van der Waals surface area contributed by atoms with Gasteiger partial charge in [0.25, 0.3) is 5.91 Å².